The summed E-state index contributed by atoms with van der Waals surface area (Å²) < 4.78 is 42.4. The van der Waals surface area contributed by atoms with E-state index < -0.39 is 30.1 Å². The molecule has 2 aromatic carbocycles. The van der Waals surface area contributed by atoms with Gasteiger partial charge in [-0.25, -0.2) is 4.79 Å². The fourth-order valence-corrected chi connectivity index (χ4v) is 2.65. The van der Waals surface area contributed by atoms with Gasteiger partial charge in [-0.05, 0) is 23.3 Å². The van der Waals surface area contributed by atoms with Crippen LogP contribution in [0, 0.1) is 0 Å². The zero-order valence-corrected chi connectivity index (χ0v) is 14.7. The summed E-state index contributed by atoms with van der Waals surface area (Å²) in [5.74, 6) is -4.61. The van der Waals surface area contributed by atoms with Crippen LogP contribution in [-0.2, 0) is 14.3 Å². The summed E-state index contributed by atoms with van der Waals surface area (Å²) in [7, 11) is 3.67. The zero-order chi connectivity index (χ0) is 20.2. The lowest BCUT2D eigenvalue weighted by atomic mass is 9.86. The SMILES string of the molecule is CN(C)c1ccc(C(c2ccccc2)C(OC(=O)C(F)(F)F)C(N)=O)cc1. The second-order valence-corrected chi connectivity index (χ2v) is 6.10. The van der Waals surface area contributed by atoms with Crippen LogP contribution >= 0.6 is 0 Å². The number of carbonyl (C=O) groups excluding carboxylic acids is 2. The van der Waals surface area contributed by atoms with Crippen LogP contribution in [0.15, 0.2) is 54.6 Å². The normalized spacial score (nSPS) is 13.5. The van der Waals surface area contributed by atoms with Gasteiger partial charge in [-0.2, -0.15) is 13.2 Å². The fraction of sp³-hybridized carbons (Fsp3) is 0.263. The summed E-state index contributed by atoms with van der Waals surface area (Å²) in [5.41, 5.74) is 7.13. The van der Waals surface area contributed by atoms with Crippen molar-refractivity contribution in [2.75, 3.05) is 19.0 Å². The van der Waals surface area contributed by atoms with E-state index in [-0.39, 0.29) is 0 Å². The van der Waals surface area contributed by atoms with Crippen molar-refractivity contribution in [1.29, 1.82) is 0 Å². The summed E-state index contributed by atoms with van der Waals surface area (Å²) in [6.45, 7) is 0. The summed E-state index contributed by atoms with van der Waals surface area (Å²) in [4.78, 5) is 25.1. The van der Waals surface area contributed by atoms with E-state index in [1.807, 2.05) is 19.0 Å². The lowest BCUT2D eigenvalue weighted by molar-refractivity contribution is -0.205. The second-order valence-electron chi connectivity index (χ2n) is 6.10. The molecule has 0 aliphatic heterocycles. The number of benzene rings is 2. The molecule has 144 valence electrons. The average Bonchev–Trinajstić information content (AvgIpc) is 2.61. The van der Waals surface area contributed by atoms with E-state index in [2.05, 4.69) is 4.74 Å². The molecule has 27 heavy (non-hydrogen) atoms. The average molecular weight is 380 g/mol. The van der Waals surface area contributed by atoms with Gasteiger partial charge in [0.15, 0.2) is 6.10 Å². The highest BCUT2D eigenvalue weighted by molar-refractivity contribution is 5.85. The summed E-state index contributed by atoms with van der Waals surface area (Å²) in [5, 5.41) is 0. The highest BCUT2D eigenvalue weighted by Gasteiger charge is 2.45. The van der Waals surface area contributed by atoms with E-state index in [9.17, 15) is 22.8 Å². The molecule has 0 bridgehead atoms. The van der Waals surface area contributed by atoms with Crippen molar-refractivity contribution < 1.29 is 27.5 Å². The first-order chi connectivity index (χ1) is 12.6. The molecule has 8 heteroatoms. The minimum atomic E-state index is -5.23. The van der Waals surface area contributed by atoms with Crippen LogP contribution in [0.4, 0.5) is 18.9 Å². The highest BCUT2D eigenvalue weighted by atomic mass is 19.4. The quantitative estimate of drug-likeness (QED) is 0.783. The Morgan fingerprint density at radius 1 is 0.963 bits per heavy atom. The van der Waals surface area contributed by atoms with Gasteiger partial charge in [0.1, 0.15) is 0 Å². The topological polar surface area (TPSA) is 72.6 Å². The van der Waals surface area contributed by atoms with E-state index in [1.165, 1.54) is 0 Å². The predicted octanol–water partition coefficient (Wildman–Crippen LogP) is 2.84. The zero-order valence-electron chi connectivity index (χ0n) is 14.7. The molecule has 1 amide bonds. The van der Waals surface area contributed by atoms with Crippen molar-refractivity contribution in [3.63, 3.8) is 0 Å². The minimum absolute atomic E-state index is 0.491. The van der Waals surface area contributed by atoms with Crippen LogP contribution in [0.25, 0.3) is 0 Å². The number of hydrogen-bond donors (Lipinski definition) is 1. The number of ether oxygens (including phenoxy) is 1. The van der Waals surface area contributed by atoms with Gasteiger partial charge in [-0.1, -0.05) is 42.5 Å². The van der Waals surface area contributed by atoms with Gasteiger partial charge in [0.05, 0.1) is 5.92 Å². The van der Waals surface area contributed by atoms with Crippen LogP contribution in [0.2, 0.25) is 0 Å². The van der Waals surface area contributed by atoms with Crippen molar-refractivity contribution in [1.82, 2.24) is 0 Å². The predicted molar refractivity (Wildman–Crippen MR) is 94.2 cm³/mol. The minimum Gasteiger partial charge on any atom is -0.445 e. The Morgan fingerprint density at radius 2 is 1.48 bits per heavy atom. The summed E-state index contributed by atoms with van der Waals surface area (Å²) in [6.07, 6.45) is -7.05. The van der Waals surface area contributed by atoms with Crippen molar-refractivity contribution in [3.05, 3.63) is 65.7 Å². The van der Waals surface area contributed by atoms with E-state index >= 15 is 0 Å². The maximum atomic E-state index is 12.7. The van der Waals surface area contributed by atoms with Crippen LogP contribution < -0.4 is 10.6 Å². The molecule has 0 spiro atoms. The van der Waals surface area contributed by atoms with Gasteiger partial charge in [0.2, 0.25) is 0 Å². The highest BCUT2D eigenvalue weighted by Crippen LogP contribution is 2.32. The molecule has 0 aliphatic carbocycles. The Bertz CT molecular complexity index is 790. The number of amides is 1. The first-order valence-electron chi connectivity index (χ1n) is 8.00. The number of alkyl halides is 3. The number of anilines is 1. The Hall–Kier alpha value is -3.03. The number of primary amides is 1. The molecule has 0 fully saturated rings. The largest absolute Gasteiger partial charge is 0.490 e. The standard InChI is InChI=1S/C19H19F3N2O3/c1-24(2)14-10-8-13(9-11-14)15(12-6-4-3-5-7-12)16(17(23)25)27-18(26)19(20,21)22/h3-11,15-16H,1-2H3,(H2,23,25). The molecule has 0 aromatic heterocycles. The molecule has 2 aromatic rings. The van der Waals surface area contributed by atoms with Gasteiger partial charge >= 0.3 is 12.1 Å². The van der Waals surface area contributed by atoms with Gasteiger partial charge in [0, 0.05) is 19.8 Å². The molecule has 0 radical (unpaired) electrons. The van der Waals surface area contributed by atoms with E-state index in [1.54, 1.807) is 54.6 Å². The summed E-state index contributed by atoms with van der Waals surface area (Å²) in [6, 6.07) is 15.1. The van der Waals surface area contributed by atoms with Gasteiger partial charge in [-0.3, -0.25) is 4.79 Å². The molecular formula is C19H19F3N2O3. The summed E-state index contributed by atoms with van der Waals surface area (Å²) >= 11 is 0. The maximum Gasteiger partial charge on any atom is 0.490 e. The third kappa shape index (κ3) is 4.99. The molecule has 0 saturated carbocycles. The van der Waals surface area contributed by atoms with Crippen LogP contribution in [0.3, 0.4) is 0 Å². The third-order valence-corrected chi connectivity index (χ3v) is 3.98. The van der Waals surface area contributed by atoms with Gasteiger partial charge in [-0.15, -0.1) is 0 Å². The van der Waals surface area contributed by atoms with E-state index in [0.717, 1.165) is 5.69 Å². The van der Waals surface area contributed by atoms with Crippen LogP contribution in [-0.4, -0.2) is 38.3 Å². The number of carbonyl (C=O) groups is 2. The van der Waals surface area contributed by atoms with Crippen molar-refractivity contribution in [2.24, 2.45) is 5.73 Å². The van der Waals surface area contributed by atoms with Crippen molar-refractivity contribution >= 4 is 17.6 Å². The van der Waals surface area contributed by atoms with Gasteiger partial charge < -0.3 is 15.4 Å². The lowest BCUT2D eigenvalue weighted by Gasteiger charge is -2.26. The molecule has 0 saturated heterocycles. The first kappa shape index (κ1) is 20.3. The number of hydrogen-bond acceptors (Lipinski definition) is 4. The molecule has 0 heterocycles. The first-order valence-corrected chi connectivity index (χ1v) is 8.00. The number of halogens is 3. The van der Waals surface area contributed by atoms with E-state index in [0.29, 0.717) is 11.1 Å². The Kier molecular flexibility index (Phi) is 6.09. The maximum absolute atomic E-state index is 12.7. The van der Waals surface area contributed by atoms with Crippen LogP contribution in [0.1, 0.15) is 17.0 Å². The Morgan fingerprint density at radius 3 is 1.93 bits per heavy atom. The number of rotatable bonds is 6. The molecular weight excluding hydrogens is 361 g/mol. The smallest absolute Gasteiger partial charge is 0.445 e. The lowest BCUT2D eigenvalue weighted by Crippen LogP contribution is -2.41. The van der Waals surface area contributed by atoms with Crippen molar-refractivity contribution in [2.45, 2.75) is 18.2 Å². The second kappa shape index (κ2) is 8.11. The molecule has 2 unspecified atom stereocenters. The van der Waals surface area contributed by atoms with Gasteiger partial charge in [0.25, 0.3) is 5.91 Å². The number of nitrogens with zero attached hydrogens (tertiary/aromatic N) is 1. The number of esters is 1. The monoisotopic (exact) mass is 380 g/mol. The molecule has 5 nitrogen and oxygen atoms in total. The Labute approximate surface area is 154 Å². The van der Waals surface area contributed by atoms with Crippen molar-refractivity contribution in [3.8, 4) is 0 Å². The fourth-order valence-electron chi connectivity index (χ4n) is 2.65. The Balaban J connectivity index is 2.50. The van der Waals surface area contributed by atoms with Crippen LogP contribution in [0.5, 0.6) is 0 Å². The molecule has 2 rings (SSSR count). The molecule has 2 atom stereocenters. The molecule has 0 aliphatic rings. The van der Waals surface area contributed by atoms with E-state index in [4.69, 9.17) is 5.73 Å². The molecule has 2 N–H and O–H groups in total. The third-order valence-electron chi connectivity index (χ3n) is 3.98. The number of nitrogens with two attached hydrogens (primary N) is 1.